The van der Waals surface area contributed by atoms with Gasteiger partial charge in [0, 0.05) is 16.7 Å². The Balaban J connectivity index is 1.87. The Morgan fingerprint density at radius 3 is 2.17 bits per heavy atom. The number of rotatable bonds is 7. The van der Waals surface area contributed by atoms with Crippen LogP contribution in [0.3, 0.4) is 0 Å². The molecule has 0 aromatic heterocycles. The first-order valence-electron chi connectivity index (χ1n) is 9.38. The van der Waals surface area contributed by atoms with Gasteiger partial charge in [-0.25, -0.2) is 4.79 Å². The second kappa shape index (κ2) is 9.70. The van der Waals surface area contributed by atoms with Crippen molar-refractivity contribution in [2.24, 2.45) is 5.41 Å². The zero-order valence-electron chi connectivity index (χ0n) is 17.4. The number of benzene rings is 2. The number of nitriles is 1. The molecule has 0 saturated heterocycles. The van der Waals surface area contributed by atoms with Gasteiger partial charge in [-0.3, -0.25) is 9.59 Å². The van der Waals surface area contributed by atoms with E-state index in [1.807, 2.05) is 6.07 Å². The molecule has 0 fully saturated rings. The maximum atomic E-state index is 12.5. The zero-order valence-corrected chi connectivity index (χ0v) is 17.4. The number of hydrogen-bond donors (Lipinski definition) is 1. The molecule has 0 bridgehead atoms. The van der Waals surface area contributed by atoms with Crippen LogP contribution in [0.5, 0.6) is 5.75 Å². The predicted octanol–water partition coefficient (Wildman–Crippen LogP) is 3.74. The molecule has 1 N–H and O–H groups in total. The highest BCUT2D eigenvalue weighted by atomic mass is 16.6. The molecule has 1 amide bonds. The van der Waals surface area contributed by atoms with Crippen LogP contribution >= 0.6 is 0 Å². The molecule has 2 aromatic rings. The molecule has 2 aromatic carbocycles. The van der Waals surface area contributed by atoms with E-state index in [0.29, 0.717) is 22.6 Å². The van der Waals surface area contributed by atoms with Crippen molar-refractivity contribution in [1.82, 2.24) is 0 Å². The third kappa shape index (κ3) is 6.45. The van der Waals surface area contributed by atoms with Crippen LogP contribution in [0.2, 0.25) is 0 Å². The smallest absolute Gasteiger partial charge is 0.344 e. The Bertz CT molecular complexity index is 951. The summed E-state index contributed by atoms with van der Waals surface area (Å²) in [7, 11) is 0. The van der Waals surface area contributed by atoms with E-state index in [9.17, 15) is 14.4 Å². The van der Waals surface area contributed by atoms with Crippen molar-refractivity contribution >= 4 is 23.3 Å². The van der Waals surface area contributed by atoms with Gasteiger partial charge >= 0.3 is 5.97 Å². The summed E-state index contributed by atoms with van der Waals surface area (Å²) in [5.41, 5.74) is 0.883. The van der Waals surface area contributed by atoms with Crippen molar-refractivity contribution in [3.63, 3.8) is 0 Å². The van der Waals surface area contributed by atoms with Crippen LogP contribution in [-0.2, 0) is 14.3 Å². The number of nitrogens with one attached hydrogen (secondary N) is 1. The van der Waals surface area contributed by atoms with Crippen LogP contribution < -0.4 is 10.1 Å². The summed E-state index contributed by atoms with van der Waals surface area (Å²) in [4.78, 5) is 36.5. The van der Waals surface area contributed by atoms with Crippen molar-refractivity contribution in [3.8, 4) is 11.8 Å². The molecule has 0 radical (unpaired) electrons. The topological polar surface area (TPSA) is 105 Å². The monoisotopic (exact) mass is 408 g/mol. The second-order valence-corrected chi connectivity index (χ2v) is 7.70. The molecule has 0 aliphatic rings. The minimum Gasteiger partial charge on any atom is -0.482 e. The first-order chi connectivity index (χ1) is 14.1. The largest absolute Gasteiger partial charge is 0.482 e. The van der Waals surface area contributed by atoms with Gasteiger partial charge in [-0.15, -0.1) is 0 Å². The SMILES string of the molecule is C[C@@H](OC(=O)COc1ccc(C#N)cc1)C(=O)c1ccc(NC(=O)C(C)(C)C)cc1. The van der Waals surface area contributed by atoms with Crippen molar-refractivity contribution in [2.75, 3.05) is 11.9 Å². The lowest BCUT2D eigenvalue weighted by Gasteiger charge is -2.18. The fourth-order valence-corrected chi connectivity index (χ4v) is 2.32. The summed E-state index contributed by atoms with van der Waals surface area (Å²) in [5, 5.41) is 11.5. The Hall–Kier alpha value is -3.66. The number of carbonyl (C=O) groups excluding carboxylic acids is 3. The highest BCUT2D eigenvalue weighted by molar-refractivity contribution is 6.01. The fourth-order valence-electron chi connectivity index (χ4n) is 2.32. The fraction of sp³-hybridized carbons (Fsp3) is 0.304. The Labute approximate surface area is 175 Å². The molecule has 0 aliphatic carbocycles. The predicted molar refractivity (Wildman–Crippen MR) is 111 cm³/mol. The van der Waals surface area contributed by atoms with Crippen LogP contribution in [0.1, 0.15) is 43.6 Å². The number of carbonyl (C=O) groups is 3. The Morgan fingerprint density at radius 1 is 1.03 bits per heavy atom. The van der Waals surface area contributed by atoms with Gasteiger partial charge < -0.3 is 14.8 Å². The number of anilines is 1. The maximum absolute atomic E-state index is 12.5. The summed E-state index contributed by atoms with van der Waals surface area (Å²) in [5.74, 6) is -0.770. The summed E-state index contributed by atoms with van der Waals surface area (Å²) < 4.78 is 10.4. The molecule has 1 atom stereocenters. The molecule has 0 saturated carbocycles. The summed E-state index contributed by atoms with van der Waals surface area (Å²) in [6.07, 6.45) is -0.989. The normalized spacial score (nSPS) is 11.7. The van der Waals surface area contributed by atoms with E-state index in [2.05, 4.69) is 5.32 Å². The average Bonchev–Trinajstić information content (AvgIpc) is 2.72. The van der Waals surface area contributed by atoms with Crippen molar-refractivity contribution in [1.29, 1.82) is 5.26 Å². The molecule has 156 valence electrons. The van der Waals surface area contributed by atoms with Gasteiger partial charge in [0.15, 0.2) is 12.7 Å². The maximum Gasteiger partial charge on any atom is 0.344 e. The zero-order chi connectivity index (χ0) is 22.3. The summed E-state index contributed by atoms with van der Waals surface area (Å²) in [6, 6.07) is 14.7. The van der Waals surface area contributed by atoms with E-state index in [1.54, 1.807) is 69.3 Å². The van der Waals surface area contributed by atoms with Gasteiger partial charge in [0.2, 0.25) is 11.7 Å². The highest BCUT2D eigenvalue weighted by Gasteiger charge is 2.22. The Kier molecular flexibility index (Phi) is 7.32. The lowest BCUT2D eigenvalue weighted by molar-refractivity contribution is -0.148. The van der Waals surface area contributed by atoms with Crippen LogP contribution in [0.4, 0.5) is 5.69 Å². The number of hydrogen-bond acceptors (Lipinski definition) is 6. The van der Waals surface area contributed by atoms with Crippen LogP contribution in [0.25, 0.3) is 0 Å². The minimum absolute atomic E-state index is 0.133. The minimum atomic E-state index is -0.989. The molecule has 0 spiro atoms. The average molecular weight is 408 g/mol. The standard InChI is InChI=1S/C23H24N2O5/c1-15(30-20(26)14-29-19-11-5-16(13-24)6-12-19)21(27)17-7-9-18(10-8-17)25-22(28)23(2,3)4/h5-12,15H,14H2,1-4H3,(H,25,28)/t15-/m1/s1. The number of nitrogens with zero attached hydrogens (tertiary/aromatic N) is 1. The third-order valence-corrected chi connectivity index (χ3v) is 4.13. The molecule has 7 heteroatoms. The highest BCUT2D eigenvalue weighted by Crippen LogP contribution is 2.18. The van der Waals surface area contributed by atoms with Gasteiger partial charge in [-0.1, -0.05) is 20.8 Å². The van der Waals surface area contributed by atoms with Crippen LogP contribution in [0, 0.1) is 16.7 Å². The van der Waals surface area contributed by atoms with E-state index in [1.165, 1.54) is 6.92 Å². The summed E-state index contributed by atoms with van der Waals surface area (Å²) in [6.45, 7) is 6.54. The molecular formula is C23H24N2O5. The van der Waals surface area contributed by atoms with Crippen molar-refractivity contribution < 1.29 is 23.9 Å². The van der Waals surface area contributed by atoms with Gasteiger partial charge in [-0.05, 0) is 55.5 Å². The summed E-state index contributed by atoms with van der Waals surface area (Å²) >= 11 is 0. The van der Waals surface area contributed by atoms with E-state index < -0.39 is 17.5 Å². The van der Waals surface area contributed by atoms with Gasteiger partial charge in [0.1, 0.15) is 5.75 Å². The lowest BCUT2D eigenvalue weighted by Crippen LogP contribution is -2.28. The Morgan fingerprint density at radius 2 is 1.63 bits per heavy atom. The molecule has 0 heterocycles. The third-order valence-electron chi connectivity index (χ3n) is 4.13. The number of ketones is 1. The molecule has 2 rings (SSSR count). The lowest BCUT2D eigenvalue weighted by atomic mass is 9.95. The number of amides is 1. The van der Waals surface area contributed by atoms with E-state index in [0.717, 1.165) is 0 Å². The number of ether oxygens (including phenoxy) is 2. The quantitative estimate of drug-likeness (QED) is 0.553. The number of esters is 1. The van der Waals surface area contributed by atoms with Crippen LogP contribution in [0.15, 0.2) is 48.5 Å². The van der Waals surface area contributed by atoms with Crippen LogP contribution in [-0.4, -0.2) is 30.4 Å². The molecule has 7 nitrogen and oxygen atoms in total. The molecule has 30 heavy (non-hydrogen) atoms. The second-order valence-electron chi connectivity index (χ2n) is 7.70. The van der Waals surface area contributed by atoms with Crippen molar-refractivity contribution in [3.05, 3.63) is 59.7 Å². The number of Topliss-reactive ketones (excluding diaryl/α,β-unsaturated/α-hetero) is 1. The first-order valence-corrected chi connectivity index (χ1v) is 9.38. The molecule has 0 unspecified atom stereocenters. The van der Waals surface area contributed by atoms with Gasteiger partial charge in [0.25, 0.3) is 0 Å². The molecule has 0 aliphatic heterocycles. The van der Waals surface area contributed by atoms with E-state index in [-0.39, 0.29) is 18.3 Å². The van der Waals surface area contributed by atoms with Gasteiger partial charge in [-0.2, -0.15) is 5.26 Å². The van der Waals surface area contributed by atoms with Crippen molar-refractivity contribution in [2.45, 2.75) is 33.8 Å². The van der Waals surface area contributed by atoms with Gasteiger partial charge in [0.05, 0.1) is 11.6 Å². The van der Waals surface area contributed by atoms with E-state index >= 15 is 0 Å². The first kappa shape index (κ1) is 22.6. The van der Waals surface area contributed by atoms with E-state index in [4.69, 9.17) is 14.7 Å². The molecular weight excluding hydrogens is 384 g/mol.